The lowest BCUT2D eigenvalue weighted by Crippen LogP contribution is -2.40. The lowest BCUT2D eigenvalue weighted by Gasteiger charge is -2.35. The van der Waals surface area contributed by atoms with Crippen LogP contribution < -0.4 is 15.8 Å². The summed E-state index contributed by atoms with van der Waals surface area (Å²) in [7, 11) is 0. The van der Waals surface area contributed by atoms with E-state index in [1.54, 1.807) is 0 Å². The van der Waals surface area contributed by atoms with E-state index in [4.69, 9.17) is 10.5 Å². The molecule has 1 aromatic rings. The predicted molar refractivity (Wildman–Crippen MR) is 83.1 cm³/mol. The van der Waals surface area contributed by atoms with Crippen molar-refractivity contribution >= 4 is 11.4 Å². The number of benzene rings is 1. The van der Waals surface area contributed by atoms with Gasteiger partial charge in [-0.2, -0.15) is 0 Å². The number of aliphatic hydroxyl groups is 1. The van der Waals surface area contributed by atoms with Crippen LogP contribution >= 0.6 is 0 Å². The summed E-state index contributed by atoms with van der Waals surface area (Å²) >= 11 is 0. The highest BCUT2D eigenvalue weighted by atomic mass is 16.5. The second kappa shape index (κ2) is 6.35. The van der Waals surface area contributed by atoms with Crippen LogP contribution in [0.5, 0.6) is 5.75 Å². The van der Waals surface area contributed by atoms with Crippen LogP contribution in [-0.4, -0.2) is 23.9 Å². The van der Waals surface area contributed by atoms with E-state index in [1.807, 2.05) is 25.1 Å². The molecule has 0 bridgehead atoms. The summed E-state index contributed by atoms with van der Waals surface area (Å²) in [5.74, 6) is 1.43. The third-order valence-electron chi connectivity index (χ3n) is 4.14. The molecule has 20 heavy (non-hydrogen) atoms. The number of nitrogen functional groups attached to an aromatic ring is 1. The van der Waals surface area contributed by atoms with Crippen molar-refractivity contribution in [2.75, 3.05) is 24.2 Å². The maximum Gasteiger partial charge on any atom is 0.144 e. The Balaban J connectivity index is 1.95. The molecule has 0 spiro atoms. The number of rotatable bonds is 5. The van der Waals surface area contributed by atoms with Gasteiger partial charge in [-0.3, -0.25) is 0 Å². The molecule has 112 valence electrons. The van der Waals surface area contributed by atoms with Crippen molar-refractivity contribution in [2.45, 2.75) is 45.1 Å². The average Bonchev–Trinajstić information content (AvgIpc) is 2.44. The van der Waals surface area contributed by atoms with Gasteiger partial charge in [0, 0.05) is 18.3 Å². The maximum absolute atomic E-state index is 10.6. The van der Waals surface area contributed by atoms with Crippen molar-refractivity contribution in [1.82, 2.24) is 0 Å². The zero-order valence-electron chi connectivity index (χ0n) is 12.5. The van der Waals surface area contributed by atoms with Crippen molar-refractivity contribution in [1.29, 1.82) is 0 Å². The van der Waals surface area contributed by atoms with Crippen molar-refractivity contribution in [3.63, 3.8) is 0 Å². The molecule has 4 heteroatoms. The van der Waals surface area contributed by atoms with Crippen LogP contribution in [0, 0.1) is 5.92 Å². The Hall–Kier alpha value is -1.42. The van der Waals surface area contributed by atoms with Crippen molar-refractivity contribution in [2.24, 2.45) is 5.92 Å². The molecule has 2 rings (SSSR count). The zero-order valence-corrected chi connectivity index (χ0v) is 12.5. The fraction of sp³-hybridized carbons (Fsp3) is 0.625. The number of anilines is 2. The first-order valence-electron chi connectivity index (χ1n) is 7.51. The first kappa shape index (κ1) is 15.0. The van der Waals surface area contributed by atoms with Crippen molar-refractivity contribution < 1.29 is 9.84 Å². The largest absolute Gasteiger partial charge is 0.492 e. The van der Waals surface area contributed by atoms with E-state index in [0.29, 0.717) is 24.6 Å². The van der Waals surface area contributed by atoms with Crippen LogP contribution in [0.3, 0.4) is 0 Å². The maximum atomic E-state index is 10.6. The molecule has 0 heterocycles. The van der Waals surface area contributed by atoms with Gasteiger partial charge < -0.3 is 20.9 Å². The van der Waals surface area contributed by atoms with Crippen LogP contribution in [-0.2, 0) is 0 Å². The van der Waals surface area contributed by atoms with Gasteiger partial charge in [-0.05, 0) is 50.7 Å². The second-order valence-corrected chi connectivity index (χ2v) is 5.95. The van der Waals surface area contributed by atoms with Gasteiger partial charge in [0.05, 0.1) is 17.9 Å². The third kappa shape index (κ3) is 3.79. The number of nitrogens with two attached hydrogens (primary N) is 1. The highest BCUT2D eigenvalue weighted by molar-refractivity contribution is 5.61. The fourth-order valence-corrected chi connectivity index (χ4v) is 2.67. The normalized spacial score (nSPS) is 26.2. The van der Waals surface area contributed by atoms with Gasteiger partial charge in [-0.15, -0.1) is 0 Å². The minimum absolute atomic E-state index is 0.579. The molecule has 1 fully saturated rings. The Morgan fingerprint density at radius 2 is 2.10 bits per heavy atom. The van der Waals surface area contributed by atoms with Gasteiger partial charge in [0.1, 0.15) is 5.75 Å². The average molecular weight is 278 g/mol. The molecule has 1 aromatic carbocycles. The smallest absolute Gasteiger partial charge is 0.144 e. The molecule has 0 unspecified atom stereocenters. The molecule has 1 aliphatic rings. The first-order chi connectivity index (χ1) is 9.52. The molecule has 0 aliphatic heterocycles. The summed E-state index contributed by atoms with van der Waals surface area (Å²) in [6.45, 7) is 5.36. The second-order valence-electron chi connectivity index (χ2n) is 5.95. The van der Waals surface area contributed by atoms with Gasteiger partial charge in [0.2, 0.25) is 0 Å². The Labute approximate surface area is 121 Å². The minimum atomic E-state index is -0.584. The van der Waals surface area contributed by atoms with Crippen LogP contribution in [0.2, 0.25) is 0 Å². The van der Waals surface area contributed by atoms with E-state index < -0.39 is 5.60 Å². The van der Waals surface area contributed by atoms with E-state index in [1.165, 1.54) is 0 Å². The summed E-state index contributed by atoms with van der Waals surface area (Å²) in [5.41, 5.74) is 6.85. The van der Waals surface area contributed by atoms with E-state index in [0.717, 1.165) is 37.3 Å². The fourth-order valence-electron chi connectivity index (χ4n) is 2.67. The van der Waals surface area contributed by atoms with Gasteiger partial charge in [0.15, 0.2) is 0 Å². The Morgan fingerprint density at radius 1 is 1.40 bits per heavy atom. The van der Waals surface area contributed by atoms with Crippen LogP contribution in [0.4, 0.5) is 11.4 Å². The molecule has 1 saturated carbocycles. The summed E-state index contributed by atoms with van der Waals surface area (Å²) in [6, 6.07) is 5.65. The first-order valence-corrected chi connectivity index (χ1v) is 7.51. The standard InChI is InChI=1S/C16H26N2O2/c1-3-20-15-10-13(4-5-14(15)17)18-11-16(19)8-6-12(2)7-9-16/h4-5,10,12,18-19H,3,6-9,11,17H2,1-2H3. The summed E-state index contributed by atoms with van der Waals surface area (Å²) in [6.07, 6.45) is 3.94. The quantitative estimate of drug-likeness (QED) is 0.724. The highest BCUT2D eigenvalue weighted by Crippen LogP contribution is 2.32. The topological polar surface area (TPSA) is 67.5 Å². The van der Waals surface area contributed by atoms with E-state index in [2.05, 4.69) is 12.2 Å². The molecule has 0 radical (unpaired) electrons. The molecule has 4 nitrogen and oxygen atoms in total. The summed E-state index contributed by atoms with van der Waals surface area (Å²) in [4.78, 5) is 0. The number of hydrogen-bond acceptors (Lipinski definition) is 4. The lowest BCUT2D eigenvalue weighted by molar-refractivity contribution is 0.00501. The van der Waals surface area contributed by atoms with Gasteiger partial charge in [-0.25, -0.2) is 0 Å². The van der Waals surface area contributed by atoms with Crippen molar-refractivity contribution in [3.8, 4) is 5.75 Å². The molecule has 0 saturated heterocycles. The van der Waals surface area contributed by atoms with E-state index >= 15 is 0 Å². The summed E-state index contributed by atoms with van der Waals surface area (Å²) in [5, 5.41) is 13.9. The van der Waals surface area contributed by atoms with Crippen LogP contribution in [0.15, 0.2) is 18.2 Å². The van der Waals surface area contributed by atoms with Crippen LogP contribution in [0.1, 0.15) is 39.5 Å². The predicted octanol–water partition coefficient (Wildman–Crippen LogP) is 3.02. The molecule has 0 atom stereocenters. The number of ether oxygens (including phenoxy) is 1. The minimum Gasteiger partial charge on any atom is -0.492 e. The molecule has 4 N–H and O–H groups in total. The van der Waals surface area contributed by atoms with E-state index in [-0.39, 0.29) is 0 Å². The van der Waals surface area contributed by atoms with Crippen LogP contribution in [0.25, 0.3) is 0 Å². The molecule has 1 aliphatic carbocycles. The summed E-state index contributed by atoms with van der Waals surface area (Å²) < 4.78 is 5.48. The molecule has 0 amide bonds. The van der Waals surface area contributed by atoms with E-state index in [9.17, 15) is 5.11 Å². The third-order valence-corrected chi connectivity index (χ3v) is 4.14. The SMILES string of the molecule is CCOc1cc(NCC2(O)CCC(C)CC2)ccc1N. The van der Waals surface area contributed by atoms with Gasteiger partial charge >= 0.3 is 0 Å². The van der Waals surface area contributed by atoms with Gasteiger partial charge in [-0.1, -0.05) is 6.92 Å². The zero-order chi connectivity index (χ0) is 14.6. The Bertz CT molecular complexity index is 440. The molecular formula is C16H26N2O2. The Morgan fingerprint density at radius 3 is 2.75 bits per heavy atom. The Kier molecular flexibility index (Phi) is 4.76. The number of hydrogen-bond donors (Lipinski definition) is 3. The lowest BCUT2D eigenvalue weighted by atomic mass is 9.79. The van der Waals surface area contributed by atoms with Crippen molar-refractivity contribution in [3.05, 3.63) is 18.2 Å². The van der Waals surface area contributed by atoms with Gasteiger partial charge in [0.25, 0.3) is 0 Å². The molecule has 0 aromatic heterocycles. The monoisotopic (exact) mass is 278 g/mol. The highest BCUT2D eigenvalue weighted by Gasteiger charge is 2.31. The number of nitrogens with one attached hydrogen (secondary N) is 1. The molecular weight excluding hydrogens is 252 g/mol.